The Kier molecular flexibility index (Phi) is 4.68. The summed E-state index contributed by atoms with van der Waals surface area (Å²) in [6, 6.07) is -0.0106. The fourth-order valence-electron chi connectivity index (χ4n) is 3.93. The Bertz CT molecular complexity index is 531. The van der Waals surface area contributed by atoms with Crippen LogP contribution in [0.3, 0.4) is 0 Å². The Labute approximate surface area is 135 Å². The molecule has 3 rings (SSSR count). The SMILES string of the molecule is CC(C)c1csc(CNC(=O)NC2C3CCC(C3)C2CO)n1. The summed E-state index contributed by atoms with van der Waals surface area (Å²) in [7, 11) is 0. The van der Waals surface area contributed by atoms with Crippen LogP contribution < -0.4 is 10.6 Å². The molecular formula is C16H25N3O2S. The van der Waals surface area contributed by atoms with E-state index in [0.29, 0.717) is 24.3 Å². The molecule has 2 amide bonds. The third-order valence-corrected chi connectivity index (χ3v) is 6.03. The summed E-state index contributed by atoms with van der Waals surface area (Å²) in [6.07, 6.45) is 3.53. The van der Waals surface area contributed by atoms with Gasteiger partial charge in [-0.2, -0.15) is 0 Å². The molecule has 1 aromatic rings. The summed E-state index contributed by atoms with van der Waals surface area (Å²) >= 11 is 1.59. The van der Waals surface area contributed by atoms with E-state index in [4.69, 9.17) is 0 Å². The number of fused-ring (bicyclic) bond motifs is 2. The van der Waals surface area contributed by atoms with Crippen molar-refractivity contribution >= 4 is 17.4 Å². The summed E-state index contributed by atoms with van der Waals surface area (Å²) < 4.78 is 0. The first-order valence-electron chi connectivity index (χ1n) is 8.18. The first-order chi connectivity index (χ1) is 10.6. The Morgan fingerprint density at radius 2 is 2.23 bits per heavy atom. The molecule has 2 saturated carbocycles. The molecule has 2 bridgehead atoms. The number of amides is 2. The minimum Gasteiger partial charge on any atom is -0.396 e. The van der Waals surface area contributed by atoms with E-state index in [0.717, 1.165) is 17.1 Å². The molecule has 2 aliphatic carbocycles. The zero-order valence-electron chi connectivity index (χ0n) is 13.2. The lowest BCUT2D eigenvalue weighted by atomic mass is 9.85. The van der Waals surface area contributed by atoms with Gasteiger partial charge in [-0.25, -0.2) is 9.78 Å². The number of carbonyl (C=O) groups is 1. The second kappa shape index (κ2) is 6.54. The third kappa shape index (κ3) is 3.13. The highest BCUT2D eigenvalue weighted by Crippen LogP contribution is 2.48. The second-order valence-corrected chi connectivity index (χ2v) is 7.80. The van der Waals surface area contributed by atoms with Gasteiger partial charge in [0.15, 0.2) is 0 Å². The van der Waals surface area contributed by atoms with Crippen LogP contribution in [0.4, 0.5) is 4.79 Å². The van der Waals surface area contributed by atoms with Crippen LogP contribution in [-0.4, -0.2) is 28.8 Å². The zero-order valence-corrected chi connectivity index (χ0v) is 14.0. The van der Waals surface area contributed by atoms with Crippen molar-refractivity contribution in [2.75, 3.05) is 6.61 Å². The van der Waals surface area contributed by atoms with Crippen molar-refractivity contribution < 1.29 is 9.90 Å². The monoisotopic (exact) mass is 323 g/mol. The molecule has 2 fully saturated rings. The van der Waals surface area contributed by atoms with Gasteiger partial charge >= 0.3 is 6.03 Å². The molecule has 0 radical (unpaired) electrons. The van der Waals surface area contributed by atoms with Crippen LogP contribution in [0, 0.1) is 17.8 Å². The average molecular weight is 323 g/mol. The molecule has 0 aromatic carbocycles. The first kappa shape index (κ1) is 15.7. The van der Waals surface area contributed by atoms with Crippen molar-refractivity contribution in [3.05, 3.63) is 16.1 Å². The highest BCUT2D eigenvalue weighted by atomic mass is 32.1. The molecule has 0 saturated heterocycles. The lowest BCUT2D eigenvalue weighted by molar-refractivity contribution is 0.144. The Morgan fingerprint density at radius 1 is 1.45 bits per heavy atom. The summed E-state index contributed by atoms with van der Waals surface area (Å²) in [5, 5.41) is 18.5. The number of thiazole rings is 1. The zero-order chi connectivity index (χ0) is 15.7. The Balaban J connectivity index is 1.50. The molecule has 0 spiro atoms. The number of aromatic nitrogens is 1. The minimum atomic E-state index is -0.141. The van der Waals surface area contributed by atoms with Crippen LogP contribution in [0.5, 0.6) is 0 Å². The minimum absolute atomic E-state index is 0.131. The normalized spacial score (nSPS) is 30.0. The number of nitrogens with one attached hydrogen (secondary N) is 2. The van der Waals surface area contributed by atoms with E-state index in [1.165, 1.54) is 12.8 Å². The molecule has 122 valence electrons. The lowest BCUT2D eigenvalue weighted by Gasteiger charge is -2.30. The molecule has 2 aliphatic rings. The van der Waals surface area contributed by atoms with Gasteiger partial charge in [0.25, 0.3) is 0 Å². The molecule has 4 atom stereocenters. The van der Waals surface area contributed by atoms with Crippen LogP contribution in [0.2, 0.25) is 0 Å². The van der Waals surface area contributed by atoms with Gasteiger partial charge in [0, 0.05) is 23.9 Å². The maximum absolute atomic E-state index is 12.1. The highest BCUT2D eigenvalue weighted by molar-refractivity contribution is 7.09. The average Bonchev–Trinajstić information content (AvgIpc) is 3.20. The number of carbonyl (C=O) groups excluding carboxylic acids is 1. The van der Waals surface area contributed by atoms with Crippen molar-refractivity contribution in [1.29, 1.82) is 0 Å². The maximum Gasteiger partial charge on any atom is 0.315 e. The van der Waals surface area contributed by atoms with Crippen molar-refractivity contribution in [2.24, 2.45) is 17.8 Å². The van der Waals surface area contributed by atoms with E-state index >= 15 is 0 Å². The maximum atomic E-state index is 12.1. The molecule has 6 heteroatoms. The topological polar surface area (TPSA) is 74.2 Å². The van der Waals surface area contributed by atoms with Gasteiger partial charge in [-0.15, -0.1) is 11.3 Å². The number of urea groups is 1. The summed E-state index contributed by atoms with van der Waals surface area (Å²) in [5.74, 6) is 1.78. The van der Waals surface area contributed by atoms with E-state index < -0.39 is 0 Å². The summed E-state index contributed by atoms with van der Waals surface area (Å²) in [6.45, 7) is 4.87. The van der Waals surface area contributed by atoms with Gasteiger partial charge < -0.3 is 15.7 Å². The third-order valence-electron chi connectivity index (χ3n) is 5.16. The van der Waals surface area contributed by atoms with Gasteiger partial charge in [-0.3, -0.25) is 0 Å². The van der Waals surface area contributed by atoms with Gasteiger partial charge in [0.2, 0.25) is 0 Å². The van der Waals surface area contributed by atoms with Crippen molar-refractivity contribution in [1.82, 2.24) is 15.6 Å². The molecule has 4 unspecified atom stereocenters. The van der Waals surface area contributed by atoms with Gasteiger partial charge in [-0.05, 0) is 37.0 Å². The highest BCUT2D eigenvalue weighted by Gasteiger charge is 2.47. The van der Waals surface area contributed by atoms with Crippen LogP contribution in [0.1, 0.15) is 49.7 Å². The van der Waals surface area contributed by atoms with E-state index in [1.807, 2.05) is 0 Å². The smallest absolute Gasteiger partial charge is 0.315 e. The van der Waals surface area contributed by atoms with Gasteiger partial charge in [0.1, 0.15) is 5.01 Å². The number of hydrogen-bond donors (Lipinski definition) is 3. The fraction of sp³-hybridized carbons (Fsp3) is 0.750. The largest absolute Gasteiger partial charge is 0.396 e. The number of aliphatic hydroxyl groups is 1. The number of aliphatic hydroxyl groups excluding tert-OH is 1. The Hall–Kier alpha value is -1.14. The van der Waals surface area contributed by atoms with Crippen molar-refractivity contribution in [2.45, 2.75) is 51.6 Å². The number of rotatable bonds is 5. The molecule has 22 heavy (non-hydrogen) atoms. The van der Waals surface area contributed by atoms with E-state index in [1.54, 1.807) is 11.3 Å². The molecule has 3 N–H and O–H groups in total. The molecule has 1 heterocycles. The molecule has 5 nitrogen and oxygen atoms in total. The van der Waals surface area contributed by atoms with Crippen LogP contribution in [0.25, 0.3) is 0 Å². The number of nitrogens with zero attached hydrogens (tertiary/aromatic N) is 1. The van der Waals surface area contributed by atoms with Gasteiger partial charge in [-0.1, -0.05) is 13.8 Å². The standard InChI is InChI=1S/C16H25N3O2S/c1-9(2)13-8-22-14(18-13)6-17-16(21)19-15-11-4-3-10(5-11)12(15)7-20/h8-12,15,20H,3-7H2,1-2H3,(H2,17,19,21). The quantitative estimate of drug-likeness (QED) is 0.779. The van der Waals surface area contributed by atoms with Crippen LogP contribution in [0.15, 0.2) is 5.38 Å². The van der Waals surface area contributed by atoms with Gasteiger partial charge in [0.05, 0.1) is 12.2 Å². The lowest BCUT2D eigenvalue weighted by Crippen LogP contribution is -2.48. The van der Waals surface area contributed by atoms with Crippen LogP contribution in [-0.2, 0) is 6.54 Å². The summed E-state index contributed by atoms with van der Waals surface area (Å²) in [5.41, 5.74) is 1.08. The fourth-order valence-corrected chi connectivity index (χ4v) is 4.82. The second-order valence-electron chi connectivity index (χ2n) is 6.85. The van der Waals surface area contributed by atoms with E-state index in [2.05, 4.69) is 34.8 Å². The van der Waals surface area contributed by atoms with Crippen molar-refractivity contribution in [3.8, 4) is 0 Å². The van der Waals surface area contributed by atoms with Crippen molar-refractivity contribution in [3.63, 3.8) is 0 Å². The predicted molar refractivity (Wildman–Crippen MR) is 86.8 cm³/mol. The molecule has 1 aromatic heterocycles. The van der Waals surface area contributed by atoms with E-state index in [9.17, 15) is 9.90 Å². The number of hydrogen-bond acceptors (Lipinski definition) is 4. The Morgan fingerprint density at radius 3 is 2.91 bits per heavy atom. The molecule has 0 aliphatic heterocycles. The summed E-state index contributed by atoms with van der Waals surface area (Å²) in [4.78, 5) is 16.6. The van der Waals surface area contributed by atoms with Crippen LogP contribution >= 0.6 is 11.3 Å². The molecular weight excluding hydrogens is 298 g/mol. The van der Waals surface area contributed by atoms with E-state index in [-0.39, 0.29) is 24.6 Å². The first-order valence-corrected chi connectivity index (χ1v) is 9.06. The predicted octanol–water partition coefficient (Wildman–Crippen LogP) is 2.47.